The predicted molar refractivity (Wildman–Crippen MR) is 115 cm³/mol. The summed E-state index contributed by atoms with van der Waals surface area (Å²) in [6.07, 6.45) is 3.50. The standard InChI is InChI=1S/C22H26ClNO3.ClH/c1-15(25)14-27-21-9-8-16-4-3-7-20(11-18(16)12-21)24-13-22(26)17-5-2-6-19(23)10-17;/h2,5-6,8-10,12,20,22,24,26H,3-4,7,11,13-14H2,1H3;1H/t20?,22-;/m0./s1. The molecule has 0 saturated carbocycles. The van der Waals surface area contributed by atoms with Gasteiger partial charge in [-0.25, -0.2) is 0 Å². The van der Waals surface area contributed by atoms with Gasteiger partial charge in [0.15, 0.2) is 5.78 Å². The molecule has 4 nitrogen and oxygen atoms in total. The normalized spacial score (nSPS) is 17.0. The van der Waals surface area contributed by atoms with Crippen LogP contribution < -0.4 is 10.1 Å². The molecule has 28 heavy (non-hydrogen) atoms. The average molecular weight is 424 g/mol. The number of halogens is 2. The lowest BCUT2D eigenvalue weighted by Gasteiger charge is -2.20. The topological polar surface area (TPSA) is 58.6 Å². The summed E-state index contributed by atoms with van der Waals surface area (Å²) in [5.74, 6) is 0.753. The van der Waals surface area contributed by atoms with Gasteiger partial charge in [0.25, 0.3) is 0 Å². The zero-order valence-corrected chi connectivity index (χ0v) is 17.6. The maximum absolute atomic E-state index is 11.1. The number of aliphatic hydroxyl groups is 1. The van der Waals surface area contributed by atoms with Gasteiger partial charge in [0, 0.05) is 17.6 Å². The lowest BCUT2D eigenvalue weighted by Crippen LogP contribution is -2.34. The Morgan fingerprint density at radius 3 is 2.86 bits per heavy atom. The maximum Gasteiger partial charge on any atom is 0.167 e. The number of hydrogen-bond donors (Lipinski definition) is 2. The van der Waals surface area contributed by atoms with E-state index in [1.165, 1.54) is 18.1 Å². The molecule has 0 aromatic heterocycles. The van der Waals surface area contributed by atoms with E-state index in [2.05, 4.69) is 11.4 Å². The monoisotopic (exact) mass is 423 g/mol. The highest BCUT2D eigenvalue weighted by Crippen LogP contribution is 2.26. The summed E-state index contributed by atoms with van der Waals surface area (Å²) in [7, 11) is 0. The summed E-state index contributed by atoms with van der Waals surface area (Å²) in [5, 5.41) is 14.6. The molecule has 152 valence electrons. The minimum atomic E-state index is -0.586. The Labute approximate surface area is 177 Å². The smallest absolute Gasteiger partial charge is 0.167 e. The number of nitrogens with one attached hydrogen (secondary N) is 1. The molecular formula is C22H27Cl2NO3. The van der Waals surface area contributed by atoms with Crippen molar-refractivity contribution in [3.63, 3.8) is 0 Å². The molecule has 1 aliphatic carbocycles. The van der Waals surface area contributed by atoms with Crippen LogP contribution in [-0.2, 0) is 17.6 Å². The van der Waals surface area contributed by atoms with Gasteiger partial charge in [-0.15, -0.1) is 12.4 Å². The first-order valence-electron chi connectivity index (χ1n) is 9.42. The van der Waals surface area contributed by atoms with E-state index in [0.717, 1.165) is 37.0 Å². The molecule has 0 fully saturated rings. The van der Waals surface area contributed by atoms with Gasteiger partial charge in [-0.3, -0.25) is 4.79 Å². The highest BCUT2D eigenvalue weighted by molar-refractivity contribution is 6.30. The number of carbonyl (C=O) groups is 1. The third kappa shape index (κ3) is 6.49. The van der Waals surface area contributed by atoms with Crippen LogP contribution in [0, 0.1) is 0 Å². The molecule has 1 aliphatic rings. The van der Waals surface area contributed by atoms with Crippen LogP contribution in [0.25, 0.3) is 0 Å². The Morgan fingerprint density at radius 1 is 1.29 bits per heavy atom. The van der Waals surface area contributed by atoms with Crippen LogP contribution in [0.3, 0.4) is 0 Å². The van der Waals surface area contributed by atoms with Gasteiger partial charge in [-0.2, -0.15) is 0 Å². The Bertz CT molecular complexity index is 797. The Balaban J connectivity index is 0.00000280. The fourth-order valence-corrected chi connectivity index (χ4v) is 3.70. The summed E-state index contributed by atoms with van der Waals surface area (Å²) in [6.45, 7) is 2.11. The first kappa shape index (κ1) is 22.7. The van der Waals surface area contributed by atoms with E-state index in [1.807, 2.05) is 24.3 Å². The number of ketones is 1. The third-order valence-electron chi connectivity index (χ3n) is 4.92. The maximum atomic E-state index is 11.1. The molecule has 2 aromatic carbocycles. The van der Waals surface area contributed by atoms with Gasteiger partial charge < -0.3 is 15.2 Å². The van der Waals surface area contributed by atoms with Crippen LogP contribution in [-0.4, -0.2) is 30.1 Å². The molecule has 0 saturated heterocycles. The fraction of sp³-hybridized carbons (Fsp3) is 0.409. The Kier molecular flexibility index (Phi) is 8.77. The minimum absolute atomic E-state index is 0. The van der Waals surface area contributed by atoms with Crippen LogP contribution in [0.15, 0.2) is 42.5 Å². The van der Waals surface area contributed by atoms with Crippen molar-refractivity contribution in [1.29, 1.82) is 0 Å². The number of benzene rings is 2. The van der Waals surface area contributed by atoms with E-state index < -0.39 is 6.10 Å². The average Bonchev–Trinajstić information content (AvgIpc) is 2.85. The van der Waals surface area contributed by atoms with Crippen LogP contribution in [0.2, 0.25) is 5.02 Å². The first-order chi connectivity index (χ1) is 13.0. The molecule has 2 atom stereocenters. The summed E-state index contributed by atoms with van der Waals surface area (Å²) < 4.78 is 5.55. The lowest BCUT2D eigenvalue weighted by atomic mass is 10.0. The van der Waals surface area contributed by atoms with Crippen molar-refractivity contribution in [3.8, 4) is 5.75 Å². The molecule has 6 heteroatoms. The zero-order chi connectivity index (χ0) is 19.2. The minimum Gasteiger partial charge on any atom is -0.486 e. The lowest BCUT2D eigenvalue weighted by molar-refractivity contribution is -0.118. The Morgan fingerprint density at radius 2 is 2.11 bits per heavy atom. The van der Waals surface area contributed by atoms with E-state index in [1.54, 1.807) is 12.1 Å². The van der Waals surface area contributed by atoms with Crippen molar-refractivity contribution in [3.05, 3.63) is 64.2 Å². The highest BCUT2D eigenvalue weighted by atomic mass is 35.5. The van der Waals surface area contributed by atoms with Crippen molar-refractivity contribution in [2.45, 2.75) is 44.8 Å². The van der Waals surface area contributed by atoms with Gasteiger partial charge in [-0.1, -0.05) is 29.8 Å². The van der Waals surface area contributed by atoms with Crippen LogP contribution in [0.5, 0.6) is 5.75 Å². The molecule has 0 heterocycles. The van der Waals surface area contributed by atoms with Crippen molar-refractivity contribution >= 4 is 29.8 Å². The molecule has 0 amide bonds. The third-order valence-corrected chi connectivity index (χ3v) is 5.15. The largest absolute Gasteiger partial charge is 0.486 e. The second-order valence-corrected chi connectivity index (χ2v) is 7.63. The second-order valence-electron chi connectivity index (χ2n) is 7.19. The van der Waals surface area contributed by atoms with Crippen molar-refractivity contribution in [2.75, 3.05) is 13.2 Å². The van der Waals surface area contributed by atoms with Crippen LogP contribution in [0.1, 0.15) is 42.6 Å². The number of carbonyl (C=O) groups excluding carboxylic acids is 1. The number of aryl methyl sites for hydroxylation is 1. The highest BCUT2D eigenvalue weighted by Gasteiger charge is 2.18. The summed E-state index contributed by atoms with van der Waals surface area (Å²) in [4.78, 5) is 11.1. The molecule has 1 unspecified atom stereocenters. The molecule has 2 aromatic rings. The van der Waals surface area contributed by atoms with Crippen LogP contribution >= 0.6 is 24.0 Å². The van der Waals surface area contributed by atoms with Gasteiger partial charge >= 0.3 is 0 Å². The van der Waals surface area contributed by atoms with Crippen molar-refractivity contribution in [2.24, 2.45) is 0 Å². The molecule has 2 N–H and O–H groups in total. The van der Waals surface area contributed by atoms with E-state index >= 15 is 0 Å². The molecule has 0 bridgehead atoms. The number of ether oxygens (including phenoxy) is 1. The van der Waals surface area contributed by atoms with Gasteiger partial charge in [0.2, 0.25) is 0 Å². The van der Waals surface area contributed by atoms with Gasteiger partial charge in [-0.05, 0) is 73.6 Å². The fourth-order valence-electron chi connectivity index (χ4n) is 3.50. The quantitative estimate of drug-likeness (QED) is 0.651. The summed E-state index contributed by atoms with van der Waals surface area (Å²) in [6, 6.07) is 13.7. The molecule has 3 rings (SSSR count). The SMILES string of the molecule is CC(=O)COc1ccc2c(c1)CC(NC[C@H](O)c1cccc(Cl)c1)CCC2.Cl. The first-order valence-corrected chi connectivity index (χ1v) is 9.80. The zero-order valence-electron chi connectivity index (χ0n) is 16.0. The van der Waals surface area contributed by atoms with E-state index in [0.29, 0.717) is 17.6 Å². The summed E-state index contributed by atoms with van der Waals surface area (Å²) in [5.41, 5.74) is 3.41. The van der Waals surface area contributed by atoms with E-state index in [9.17, 15) is 9.90 Å². The van der Waals surface area contributed by atoms with E-state index in [-0.39, 0.29) is 24.8 Å². The number of fused-ring (bicyclic) bond motifs is 1. The Hall–Kier alpha value is -1.59. The molecule has 0 radical (unpaired) electrons. The van der Waals surface area contributed by atoms with Crippen molar-refractivity contribution in [1.82, 2.24) is 5.32 Å². The van der Waals surface area contributed by atoms with E-state index in [4.69, 9.17) is 16.3 Å². The molecule has 0 aliphatic heterocycles. The number of aliphatic hydroxyl groups excluding tert-OH is 1. The molecular weight excluding hydrogens is 397 g/mol. The molecule has 0 spiro atoms. The van der Waals surface area contributed by atoms with Crippen molar-refractivity contribution < 1.29 is 14.6 Å². The number of rotatable bonds is 7. The summed E-state index contributed by atoms with van der Waals surface area (Å²) >= 11 is 6.01. The number of Topliss-reactive ketones (excluding diaryl/α,β-unsaturated/α-hetero) is 1. The predicted octanol–water partition coefficient (Wildman–Crippen LogP) is 4.30. The van der Waals surface area contributed by atoms with Crippen LogP contribution in [0.4, 0.5) is 0 Å². The van der Waals surface area contributed by atoms with Gasteiger partial charge in [0.1, 0.15) is 12.4 Å². The van der Waals surface area contributed by atoms with Gasteiger partial charge in [0.05, 0.1) is 6.10 Å². The second kappa shape index (κ2) is 10.8. The number of hydrogen-bond acceptors (Lipinski definition) is 4.